The molecule has 3 rings (SSSR count). The predicted octanol–water partition coefficient (Wildman–Crippen LogP) is 3.50. The number of amides is 2. The van der Waals surface area contributed by atoms with Gasteiger partial charge in [0.1, 0.15) is 17.4 Å². The Morgan fingerprint density at radius 2 is 1.43 bits per heavy atom. The smallest absolute Gasteiger partial charge is 0.251 e. The van der Waals surface area contributed by atoms with Gasteiger partial charge in [0.05, 0.1) is 7.11 Å². The van der Waals surface area contributed by atoms with Crippen molar-refractivity contribution < 1.29 is 14.3 Å². The molecular weight excluding hydrogens is 468 g/mol. The van der Waals surface area contributed by atoms with E-state index in [1.165, 1.54) is 6.92 Å². The average Bonchev–Trinajstić information content (AvgIpc) is 2.86. The third-order valence-electron chi connectivity index (χ3n) is 5.09. The highest BCUT2D eigenvalue weighted by Gasteiger charge is 2.13. The second kappa shape index (κ2) is 12.6. The Bertz CT molecular complexity index is 1150. The fourth-order valence-corrected chi connectivity index (χ4v) is 3.34. The number of hydrogen-bond donors (Lipinski definition) is 4. The normalized spacial score (nSPS) is 10.4. The molecule has 0 aliphatic heterocycles. The lowest BCUT2D eigenvalue weighted by Gasteiger charge is -2.16. The zero-order valence-corrected chi connectivity index (χ0v) is 20.7. The van der Waals surface area contributed by atoms with Crippen LogP contribution in [0.15, 0.2) is 48.5 Å². The zero-order valence-electron chi connectivity index (χ0n) is 19.9. The van der Waals surface area contributed by atoms with Crippen LogP contribution in [-0.4, -0.2) is 55.1 Å². The van der Waals surface area contributed by atoms with Crippen LogP contribution in [0, 0.1) is 6.92 Å². The summed E-state index contributed by atoms with van der Waals surface area (Å²) >= 11 is 6.03. The van der Waals surface area contributed by atoms with Gasteiger partial charge in [-0.15, -0.1) is 0 Å². The molecule has 0 atom stereocenters. The maximum atomic E-state index is 12.4. The second-order valence-corrected chi connectivity index (χ2v) is 8.13. The van der Waals surface area contributed by atoms with E-state index < -0.39 is 0 Å². The Balaban J connectivity index is 1.68. The molecule has 2 amide bonds. The minimum Gasteiger partial charge on any atom is -0.497 e. The van der Waals surface area contributed by atoms with Crippen LogP contribution in [0.5, 0.6) is 5.75 Å². The summed E-state index contributed by atoms with van der Waals surface area (Å²) < 4.78 is 5.12. The van der Waals surface area contributed by atoms with E-state index >= 15 is 0 Å². The number of anilines is 2. The maximum Gasteiger partial charge on any atom is 0.251 e. The van der Waals surface area contributed by atoms with E-state index in [4.69, 9.17) is 16.3 Å². The molecule has 35 heavy (non-hydrogen) atoms. The fraction of sp³-hybridized carbons (Fsp3) is 0.280. The van der Waals surface area contributed by atoms with Gasteiger partial charge in [-0.1, -0.05) is 11.6 Å². The van der Waals surface area contributed by atoms with Crippen LogP contribution in [0.1, 0.15) is 22.8 Å². The number of rotatable bonds is 11. The molecule has 9 nitrogen and oxygen atoms in total. The number of hydrogen-bond acceptors (Lipinski definition) is 7. The van der Waals surface area contributed by atoms with Gasteiger partial charge < -0.3 is 26.0 Å². The van der Waals surface area contributed by atoms with Crippen molar-refractivity contribution in [2.75, 3.05) is 43.9 Å². The van der Waals surface area contributed by atoms with Gasteiger partial charge in [-0.05, 0) is 55.5 Å². The quantitative estimate of drug-likeness (QED) is 0.300. The van der Waals surface area contributed by atoms with Crippen LogP contribution in [0.3, 0.4) is 0 Å². The van der Waals surface area contributed by atoms with Crippen LogP contribution in [0.4, 0.5) is 11.6 Å². The summed E-state index contributed by atoms with van der Waals surface area (Å²) in [5.74, 6) is 2.26. The number of nitrogens with zero attached hydrogens (tertiary/aromatic N) is 2. The first-order chi connectivity index (χ1) is 16.9. The molecule has 0 spiro atoms. The van der Waals surface area contributed by atoms with Gasteiger partial charge in [-0.3, -0.25) is 9.59 Å². The topological polar surface area (TPSA) is 117 Å². The lowest BCUT2D eigenvalue weighted by atomic mass is 10.2. The van der Waals surface area contributed by atoms with Crippen molar-refractivity contribution in [1.82, 2.24) is 20.6 Å². The number of nitrogens with one attached hydrogen (secondary N) is 4. The van der Waals surface area contributed by atoms with Crippen molar-refractivity contribution in [1.29, 1.82) is 0 Å². The number of ether oxygens (including phenoxy) is 1. The number of carbonyl (C=O) groups excluding carboxylic acids is 2. The Labute approximate surface area is 209 Å². The highest BCUT2D eigenvalue weighted by Crippen LogP contribution is 2.26. The minimum atomic E-state index is -0.170. The summed E-state index contributed by atoms with van der Waals surface area (Å²) in [6.07, 6.45) is 0. The molecule has 0 saturated heterocycles. The van der Waals surface area contributed by atoms with E-state index in [1.54, 1.807) is 43.5 Å². The van der Waals surface area contributed by atoms with Crippen LogP contribution >= 0.6 is 11.6 Å². The Morgan fingerprint density at radius 1 is 0.857 bits per heavy atom. The number of aromatic nitrogens is 2. The minimum absolute atomic E-state index is 0.0906. The number of benzene rings is 2. The summed E-state index contributed by atoms with van der Waals surface area (Å²) in [7, 11) is 1.58. The van der Waals surface area contributed by atoms with Crippen LogP contribution < -0.4 is 26.0 Å². The molecule has 0 bridgehead atoms. The van der Waals surface area contributed by atoms with E-state index in [0.29, 0.717) is 60.0 Å². The zero-order chi connectivity index (χ0) is 25.2. The molecule has 10 heteroatoms. The molecule has 3 aromatic rings. The Kier molecular flexibility index (Phi) is 9.25. The molecule has 0 radical (unpaired) electrons. The monoisotopic (exact) mass is 496 g/mol. The van der Waals surface area contributed by atoms with Crippen molar-refractivity contribution >= 4 is 35.1 Å². The molecule has 0 fully saturated rings. The largest absolute Gasteiger partial charge is 0.497 e. The lowest BCUT2D eigenvalue weighted by Crippen LogP contribution is -2.29. The average molecular weight is 497 g/mol. The summed E-state index contributed by atoms with van der Waals surface area (Å²) in [6.45, 7) is 5.22. The Morgan fingerprint density at radius 3 is 1.97 bits per heavy atom. The number of methoxy groups -OCH3 is 1. The van der Waals surface area contributed by atoms with Crippen molar-refractivity contribution in [3.63, 3.8) is 0 Å². The highest BCUT2D eigenvalue weighted by molar-refractivity contribution is 6.30. The standard InChI is InChI=1S/C25H29ClN6O3/c1-16-22(28-13-12-27-17(2)33)31-24(18-4-8-20(26)9-5-18)32-23(16)29-14-15-30-25(34)19-6-10-21(35-3)11-7-19/h4-11H,12-15H2,1-3H3,(H,27,33)(H,30,34)(H2,28,29,31,32). The van der Waals surface area contributed by atoms with Crippen molar-refractivity contribution in [2.24, 2.45) is 0 Å². The molecule has 1 heterocycles. The third-order valence-corrected chi connectivity index (χ3v) is 5.35. The van der Waals surface area contributed by atoms with Gasteiger partial charge in [-0.2, -0.15) is 0 Å². The van der Waals surface area contributed by atoms with Gasteiger partial charge in [0.2, 0.25) is 5.91 Å². The van der Waals surface area contributed by atoms with Gasteiger partial charge in [0, 0.05) is 54.8 Å². The van der Waals surface area contributed by atoms with Gasteiger partial charge in [-0.25, -0.2) is 9.97 Å². The van der Waals surface area contributed by atoms with Crippen LogP contribution in [0.25, 0.3) is 11.4 Å². The molecule has 0 unspecified atom stereocenters. The molecule has 0 aliphatic carbocycles. The SMILES string of the molecule is COc1ccc(C(=O)NCCNc2nc(-c3ccc(Cl)cc3)nc(NCCNC(C)=O)c2C)cc1. The van der Waals surface area contributed by atoms with Crippen LogP contribution in [0.2, 0.25) is 5.02 Å². The summed E-state index contributed by atoms with van der Waals surface area (Å²) in [5, 5.41) is 12.8. The first kappa shape index (κ1) is 25.8. The van der Waals surface area contributed by atoms with Crippen molar-refractivity contribution in [2.45, 2.75) is 13.8 Å². The maximum absolute atomic E-state index is 12.4. The molecule has 0 aliphatic rings. The molecule has 184 valence electrons. The van der Waals surface area contributed by atoms with E-state index in [0.717, 1.165) is 11.1 Å². The predicted molar refractivity (Wildman–Crippen MR) is 138 cm³/mol. The van der Waals surface area contributed by atoms with Gasteiger partial charge in [0.25, 0.3) is 5.91 Å². The molecule has 1 aromatic heterocycles. The van der Waals surface area contributed by atoms with Crippen LogP contribution in [-0.2, 0) is 4.79 Å². The molecule has 4 N–H and O–H groups in total. The number of carbonyl (C=O) groups is 2. The Hall–Kier alpha value is -3.85. The highest BCUT2D eigenvalue weighted by atomic mass is 35.5. The summed E-state index contributed by atoms with van der Waals surface area (Å²) in [4.78, 5) is 32.9. The third kappa shape index (κ3) is 7.58. The fourth-order valence-electron chi connectivity index (χ4n) is 3.21. The molecule has 2 aromatic carbocycles. The molecule has 0 saturated carbocycles. The molecular formula is C25H29ClN6O3. The van der Waals surface area contributed by atoms with E-state index in [9.17, 15) is 9.59 Å². The lowest BCUT2D eigenvalue weighted by molar-refractivity contribution is -0.118. The summed E-state index contributed by atoms with van der Waals surface area (Å²) in [5.41, 5.74) is 2.20. The van der Waals surface area contributed by atoms with Gasteiger partial charge >= 0.3 is 0 Å². The first-order valence-electron chi connectivity index (χ1n) is 11.2. The van der Waals surface area contributed by atoms with Gasteiger partial charge in [0.15, 0.2) is 5.82 Å². The van der Waals surface area contributed by atoms with E-state index in [-0.39, 0.29) is 11.8 Å². The van der Waals surface area contributed by atoms with E-state index in [2.05, 4.69) is 31.2 Å². The summed E-state index contributed by atoms with van der Waals surface area (Å²) in [6, 6.07) is 14.2. The van der Waals surface area contributed by atoms with Crippen molar-refractivity contribution in [3.8, 4) is 17.1 Å². The first-order valence-corrected chi connectivity index (χ1v) is 11.5. The van der Waals surface area contributed by atoms with E-state index in [1.807, 2.05) is 19.1 Å². The number of halogens is 1. The van der Waals surface area contributed by atoms with Crippen molar-refractivity contribution in [3.05, 3.63) is 64.7 Å². The second-order valence-electron chi connectivity index (χ2n) is 7.70.